The van der Waals surface area contributed by atoms with Crippen molar-refractivity contribution in [2.75, 3.05) is 10.7 Å². The first-order chi connectivity index (χ1) is 12.6. The van der Waals surface area contributed by atoms with Crippen LogP contribution >= 0.6 is 11.8 Å². The van der Waals surface area contributed by atoms with E-state index in [0.29, 0.717) is 11.5 Å². The number of amides is 1. The Hall–Kier alpha value is -2.60. The van der Waals surface area contributed by atoms with E-state index in [4.69, 9.17) is 4.42 Å². The summed E-state index contributed by atoms with van der Waals surface area (Å²) in [5, 5.41) is 0. The highest BCUT2D eigenvalue weighted by Gasteiger charge is 2.21. The number of anilines is 1. The lowest BCUT2D eigenvalue weighted by Crippen LogP contribution is -2.31. The lowest BCUT2D eigenvalue weighted by atomic mass is 10.2. The van der Waals surface area contributed by atoms with Crippen LogP contribution in [0.3, 0.4) is 0 Å². The molecule has 0 unspecified atom stereocenters. The van der Waals surface area contributed by atoms with E-state index in [-0.39, 0.29) is 24.6 Å². The third kappa shape index (κ3) is 4.73. The van der Waals surface area contributed by atoms with Crippen molar-refractivity contribution in [3.63, 3.8) is 0 Å². The minimum absolute atomic E-state index is 0.0394. The number of hydrogen-bond donors (Lipinski definition) is 0. The molecule has 6 heteroatoms. The third-order valence-corrected chi connectivity index (χ3v) is 4.74. The van der Waals surface area contributed by atoms with Gasteiger partial charge in [-0.1, -0.05) is 18.2 Å². The Bertz CT molecular complexity index is 854. The summed E-state index contributed by atoms with van der Waals surface area (Å²) in [5.74, 6) is -0.634. The fourth-order valence-electron chi connectivity index (χ4n) is 2.47. The van der Waals surface area contributed by atoms with E-state index >= 15 is 0 Å². The zero-order valence-corrected chi connectivity index (χ0v) is 14.7. The summed E-state index contributed by atoms with van der Waals surface area (Å²) < 4.78 is 32.7. The van der Waals surface area contributed by atoms with Crippen LogP contribution < -0.4 is 4.90 Å². The maximum absolute atomic E-state index is 14.2. The van der Waals surface area contributed by atoms with Crippen molar-refractivity contribution in [2.45, 2.75) is 17.9 Å². The molecule has 0 aliphatic carbocycles. The van der Waals surface area contributed by atoms with Crippen LogP contribution in [0.25, 0.3) is 0 Å². The summed E-state index contributed by atoms with van der Waals surface area (Å²) in [5.41, 5.74) is 0.0394. The van der Waals surface area contributed by atoms with Gasteiger partial charge in [-0.25, -0.2) is 8.78 Å². The van der Waals surface area contributed by atoms with Gasteiger partial charge in [-0.3, -0.25) is 4.79 Å². The van der Waals surface area contributed by atoms with E-state index in [9.17, 15) is 13.6 Å². The van der Waals surface area contributed by atoms with Crippen LogP contribution in [0.2, 0.25) is 0 Å². The van der Waals surface area contributed by atoms with E-state index in [1.165, 1.54) is 17.2 Å². The van der Waals surface area contributed by atoms with Gasteiger partial charge in [0.15, 0.2) is 0 Å². The summed E-state index contributed by atoms with van der Waals surface area (Å²) in [6.07, 6.45) is 1.71. The molecule has 26 heavy (non-hydrogen) atoms. The van der Waals surface area contributed by atoms with Crippen LogP contribution in [-0.2, 0) is 11.3 Å². The van der Waals surface area contributed by atoms with Gasteiger partial charge in [0.05, 0.1) is 18.5 Å². The lowest BCUT2D eigenvalue weighted by Gasteiger charge is -2.22. The molecular formula is C20H17F2NO2S. The molecule has 134 valence electrons. The molecule has 0 spiro atoms. The number of carbonyl (C=O) groups is 1. The number of hydrogen-bond acceptors (Lipinski definition) is 3. The number of benzene rings is 2. The number of furan rings is 1. The number of halogens is 2. The number of carbonyl (C=O) groups excluding carboxylic acids is 1. The average molecular weight is 373 g/mol. The largest absolute Gasteiger partial charge is 0.467 e. The lowest BCUT2D eigenvalue weighted by molar-refractivity contribution is -0.118. The van der Waals surface area contributed by atoms with Gasteiger partial charge >= 0.3 is 0 Å². The van der Waals surface area contributed by atoms with Gasteiger partial charge in [-0.05, 0) is 36.4 Å². The minimum Gasteiger partial charge on any atom is -0.467 e. The quantitative estimate of drug-likeness (QED) is 0.529. The van der Waals surface area contributed by atoms with Crippen LogP contribution in [0.15, 0.2) is 76.2 Å². The average Bonchev–Trinajstić information content (AvgIpc) is 3.14. The monoisotopic (exact) mass is 373 g/mol. The first-order valence-corrected chi connectivity index (χ1v) is 9.07. The summed E-state index contributed by atoms with van der Waals surface area (Å²) in [6.45, 7) is 0.0877. The molecule has 0 aliphatic rings. The maximum atomic E-state index is 14.2. The van der Waals surface area contributed by atoms with Gasteiger partial charge in [-0.2, -0.15) is 0 Å². The summed E-state index contributed by atoms with van der Waals surface area (Å²) >= 11 is 1.55. The van der Waals surface area contributed by atoms with Crippen LogP contribution in [0.1, 0.15) is 12.2 Å². The third-order valence-electron chi connectivity index (χ3n) is 3.72. The number of rotatable bonds is 7. The molecule has 0 bridgehead atoms. The predicted octanol–water partition coefficient (Wildman–Crippen LogP) is 5.27. The van der Waals surface area contributed by atoms with Crippen molar-refractivity contribution < 1.29 is 18.0 Å². The molecule has 0 saturated heterocycles. The molecule has 3 aromatic rings. The van der Waals surface area contributed by atoms with Crippen molar-refractivity contribution in [1.29, 1.82) is 0 Å². The molecule has 1 aromatic heterocycles. The Morgan fingerprint density at radius 2 is 1.85 bits per heavy atom. The van der Waals surface area contributed by atoms with E-state index in [2.05, 4.69) is 0 Å². The summed E-state index contributed by atoms with van der Waals surface area (Å²) in [4.78, 5) is 15.1. The van der Waals surface area contributed by atoms with Gasteiger partial charge in [0.2, 0.25) is 5.91 Å². The summed E-state index contributed by atoms with van der Waals surface area (Å²) in [7, 11) is 0. The van der Waals surface area contributed by atoms with Crippen molar-refractivity contribution in [3.05, 3.63) is 84.3 Å². The molecule has 0 saturated carbocycles. The van der Waals surface area contributed by atoms with Crippen LogP contribution in [-0.4, -0.2) is 11.7 Å². The van der Waals surface area contributed by atoms with E-state index in [1.807, 2.05) is 30.3 Å². The first kappa shape index (κ1) is 18.2. The van der Waals surface area contributed by atoms with Gasteiger partial charge < -0.3 is 9.32 Å². The second-order valence-electron chi connectivity index (χ2n) is 5.57. The SMILES string of the molecule is O=C(CCSc1ccccc1)N(Cc1ccco1)c1ccc(F)cc1F. The molecule has 1 heterocycles. The van der Waals surface area contributed by atoms with Crippen molar-refractivity contribution in [2.24, 2.45) is 0 Å². The maximum Gasteiger partial charge on any atom is 0.228 e. The van der Waals surface area contributed by atoms with Gasteiger partial charge in [0.1, 0.15) is 17.4 Å². The number of nitrogens with zero attached hydrogens (tertiary/aromatic N) is 1. The predicted molar refractivity (Wildman–Crippen MR) is 98.0 cm³/mol. The molecule has 0 atom stereocenters. The second-order valence-corrected chi connectivity index (χ2v) is 6.73. The van der Waals surface area contributed by atoms with Gasteiger partial charge in [0.25, 0.3) is 0 Å². The van der Waals surface area contributed by atoms with Crippen molar-refractivity contribution in [3.8, 4) is 0 Å². The van der Waals surface area contributed by atoms with Crippen molar-refractivity contribution >= 4 is 23.4 Å². The standard InChI is InChI=1S/C20H17F2NO2S/c21-15-8-9-19(18(22)13-15)23(14-16-5-4-11-25-16)20(24)10-12-26-17-6-2-1-3-7-17/h1-9,11,13H,10,12,14H2. The first-order valence-electron chi connectivity index (χ1n) is 8.09. The molecule has 2 aromatic carbocycles. The zero-order valence-electron chi connectivity index (χ0n) is 13.9. The molecule has 1 amide bonds. The van der Waals surface area contributed by atoms with Gasteiger partial charge in [0, 0.05) is 23.1 Å². The topological polar surface area (TPSA) is 33.5 Å². The normalized spacial score (nSPS) is 10.7. The Balaban J connectivity index is 1.72. The Labute approximate surface area is 154 Å². The Morgan fingerprint density at radius 3 is 2.54 bits per heavy atom. The highest BCUT2D eigenvalue weighted by Crippen LogP contribution is 2.25. The molecule has 0 radical (unpaired) electrons. The summed E-state index contributed by atoms with van der Waals surface area (Å²) in [6, 6.07) is 16.3. The fourth-order valence-corrected chi connectivity index (χ4v) is 3.34. The van der Waals surface area contributed by atoms with E-state index < -0.39 is 11.6 Å². The molecular weight excluding hydrogens is 356 g/mol. The second kappa shape index (κ2) is 8.67. The fraction of sp³-hybridized carbons (Fsp3) is 0.150. The molecule has 0 aliphatic heterocycles. The van der Waals surface area contributed by atoms with Gasteiger partial charge in [-0.15, -0.1) is 11.8 Å². The highest BCUT2D eigenvalue weighted by atomic mass is 32.2. The molecule has 3 nitrogen and oxygen atoms in total. The van der Waals surface area contributed by atoms with E-state index in [1.54, 1.807) is 23.9 Å². The minimum atomic E-state index is -0.777. The molecule has 3 rings (SSSR count). The zero-order chi connectivity index (χ0) is 18.4. The number of thioether (sulfide) groups is 1. The van der Waals surface area contributed by atoms with E-state index in [0.717, 1.165) is 17.0 Å². The van der Waals surface area contributed by atoms with Crippen LogP contribution in [0.4, 0.5) is 14.5 Å². The molecule has 0 N–H and O–H groups in total. The van der Waals surface area contributed by atoms with Crippen molar-refractivity contribution in [1.82, 2.24) is 0 Å². The molecule has 0 fully saturated rings. The Kier molecular flexibility index (Phi) is 6.07. The smallest absolute Gasteiger partial charge is 0.228 e. The Morgan fingerprint density at radius 1 is 1.04 bits per heavy atom. The van der Waals surface area contributed by atoms with Crippen LogP contribution in [0.5, 0.6) is 0 Å². The van der Waals surface area contributed by atoms with Crippen LogP contribution in [0, 0.1) is 11.6 Å². The highest BCUT2D eigenvalue weighted by molar-refractivity contribution is 7.99.